The van der Waals surface area contributed by atoms with E-state index in [-0.39, 0.29) is 29.2 Å². The number of nitrogens with zero attached hydrogens (tertiary/aromatic N) is 1. The van der Waals surface area contributed by atoms with E-state index < -0.39 is 21.4 Å². The summed E-state index contributed by atoms with van der Waals surface area (Å²) in [5, 5.41) is 9.64. The first-order valence-corrected chi connectivity index (χ1v) is 7.28. The lowest BCUT2D eigenvalue weighted by atomic mass is 10.0. The van der Waals surface area contributed by atoms with Crippen molar-refractivity contribution in [1.82, 2.24) is 4.31 Å². The van der Waals surface area contributed by atoms with Crippen molar-refractivity contribution < 1.29 is 17.9 Å². The van der Waals surface area contributed by atoms with Gasteiger partial charge in [0.25, 0.3) is 0 Å². The van der Waals surface area contributed by atoms with Gasteiger partial charge in [-0.05, 0) is 38.0 Å². The number of rotatable bonds is 2. The Labute approximate surface area is 111 Å². The third-order valence-electron chi connectivity index (χ3n) is 3.34. The van der Waals surface area contributed by atoms with E-state index in [2.05, 4.69) is 0 Å². The van der Waals surface area contributed by atoms with Gasteiger partial charge in [-0.1, -0.05) is 0 Å². The molecule has 1 fully saturated rings. The Bertz CT molecular complexity index is 633. The van der Waals surface area contributed by atoms with E-state index >= 15 is 0 Å². The number of sulfonamides is 1. The summed E-state index contributed by atoms with van der Waals surface area (Å²) in [7, 11) is -3.75. The van der Waals surface area contributed by atoms with Crippen LogP contribution in [0.5, 0.6) is 0 Å². The number of benzene rings is 1. The predicted octanol–water partition coefficient (Wildman–Crippen LogP) is 0.780. The van der Waals surface area contributed by atoms with Gasteiger partial charge in [-0.25, -0.2) is 12.8 Å². The Kier molecular flexibility index (Phi) is 3.11. The number of aryl methyl sites for hydroxylation is 1. The van der Waals surface area contributed by atoms with Gasteiger partial charge in [0.05, 0.1) is 16.2 Å². The van der Waals surface area contributed by atoms with Gasteiger partial charge in [-0.15, -0.1) is 0 Å². The zero-order valence-corrected chi connectivity index (χ0v) is 11.9. The van der Waals surface area contributed by atoms with Gasteiger partial charge >= 0.3 is 0 Å². The van der Waals surface area contributed by atoms with Crippen LogP contribution in [0.2, 0.25) is 0 Å². The molecule has 1 aliphatic rings. The molecule has 0 bridgehead atoms. The first kappa shape index (κ1) is 14.2. The van der Waals surface area contributed by atoms with Crippen molar-refractivity contribution in [2.45, 2.75) is 31.3 Å². The summed E-state index contributed by atoms with van der Waals surface area (Å²) in [6, 6.07) is 1.12. The second-order valence-electron chi connectivity index (χ2n) is 5.31. The average molecular weight is 288 g/mol. The number of anilines is 1. The number of aliphatic hydroxyl groups is 1. The first-order chi connectivity index (χ1) is 8.56. The van der Waals surface area contributed by atoms with E-state index in [0.717, 1.165) is 6.07 Å². The average Bonchev–Trinajstić information content (AvgIpc) is 2.22. The molecule has 1 aliphatic heterocycles. The molecule has 0 amide bonds. The fraction of sp³-hybridized carbons (Fsp3) is 0.500. The molecule has 0 atom stereocenters. The fourth-order valence-electron chi connectivity index (χ4n) is 2.34. The van der Waals surface area contributed by atoms with E-state index in [0.29, 0.717) is 5.56 Å². The minimum Gasteiger partial charge on any atom is -0.396 e. The Morgan fingerprint density at radius 2 is 1.95 bits per heavy atom. The van der Waals surface area contributed by atoms with Crippen molar-refractivity contribution in [3.63, 3.8) is 0 Å². The Morgan fingerprint density at radius 1 is 1.42 bits per heavy atom. The number of nitrogen functional groups attached to an aromatic ring is 1. The lowest BCUT2D eigenvalue weighted by Gasteiger charge is -2.43. The monoisotopic (exact) mass is 288 g/mol. The number of nitrogens with two attached hydrogens (primary N) is 1. The molecule has 1 saturated heterocycles. The van der Waals surface area contributed by atoms with Gasteiger partial charge < -0.3 is 10.8 Å². The molecule has 0 unspecified atom stereocenters. The van der Waals surface area contributed by atoms with Crippen molar-refractivity contribution in [2.75, 3.05) is 18.8 Å². The molecule has 0 saturated carbocycles. The molecule has 0 aliphatic carbocycles. The molecule has 7 heteroatoms. The van der Waals surface area contributed by atoms with Crippen molar-refractivity contribution >= 4 is 15.7 Å². The van der Waals surface area contributed by atoms with Crippen LogP contribution in [0.25, 0.3) is 0 Å². The maximum atomic E-state index is 13.5. The van der Waals surface area contributed by atoms with E-state index in [1.165, 1.54) is 18.2 Å². The van der Waals surface area contributed by atoms with Crippen LogP contribution >= 0.6 is 0 Å². The molecule has 0 radical (unpaired) electrons. The lowest BCUT2D eigenvalue weighted by Crippen LogP contribution is -2.61. The van der Waals surface area contributed by atoms with Gasteiger partial charge in [0.15, 0.2) is 0 Å². The minimum atomic E-state index is -3.75. The van der Waals surface area contributed by atoms with E-state index in [9.17, 15) is 17.9 Å². The smallest absolute Gasteiger partial charge is 0.243 e. The quantitative estimate of drug-likeness (QED) is 0.788. The summed E-state index contributed by atoms with van der Waals surface area (Å²) >= 11 is 0. The maximum absolute atomic E-state index is 13.5. The van der Waals surface area contributed by atoms with E-state index in [4.69, 9.17) is 5.73 Å². The molecule has 1 heterocycles. The van der Waals surface area contributed by atoms with Crippen LogP contribution in [0.15, 0.2) is 11.0 Å². The van der Waals surface area contributed by atoms with Crippen LogP contribution in [0.1, 0.15) is 18.1 Å². The second kappa shape index (κ2) is 4.16. The summed E-state index contributed by atoms with van der Waals surface area (Å²) in [6.07, 6.45) is 0. The molecule has 0 spiro atoms. The summed E-state index contributed by atoms with van der Waals surface area (Å²) in [5.41, 5.74) is 4.93. The van der Waals surface area contributed by atoms with Crippen molar-refractivity contribution in [2.24, 2.45) is 0 Å². The van der Waals surface area contributed by atoms with Crippen LogP contribution in [-0.2, 0) is 10.0 Å². The Balaban J connectivity index is 2.51. The number of β-amino-alcohol motifs (C(OH)–C–C–N with tert-alkyl or cyclic N) is 1. The first-order valence-electron chi connectivity index (χ1n) is 5.84. The molecule has 1 aromatic carbocycles. The molecular formula is C12H17FN2O3S. The minimum absolute atomic E-state index is 0.0295. The van der Waals surface area contributed by atoms with Crippen LogP contribution in [0, 0.1) is 19.7 Å². The summed E-state index contributed by atoms with van der Waals surface area (Å²) < 4.78 is 39.5. The number of hydrogen-bond donors (Lipinski definition) is 2. The zero-order valence-electron chi connectivity index (χ0n) is 11.1. The largest absolute Gasteiger partial charge is 0.396 e. The van der Waals surface area contributed by atoms with Gasteiger partial charge in [0.2, 0.25) is 10.0 Å². The SMILES string of the molecule is Cc1cc(F)c(N)c(C)c1S(=O)(=O)N1CC(C)(O)C1. The predicted molar refractivity (Wildman–Crippen MR) is 69.7 cm³/mol. The summed E-state index contributed by atoms with van der Waals surface area (Å²) in [5.74, 6) is -0.621. The highest BCUT2D eigenvalue weighted by Crippen LogP contribution is 2.33. The summed E-state index contributed by atoms with van der Waals surface area (Å²) in [4.78, 5) is 0.0295. The van der Waals surface area contributed by atoms with Crippen molar-refractivity contribution in [3.8, 4) is 0 Å². The Hall–Kier alpha value is -1.18. The maximum Gasteiger partial charge on any atom is 0.243 e. The second-order valence-corrected chi connectivity index (χ2v) is 7.19. The summed E-state index contributed by atoms with van der Waals surface area (Å²) in [6.45, 7) is 4.64. The molecule has 1 aromatic rings. The highest BCUT2D eigenvalue weighted by Gasteiger charge is 2.44. The topological polar surface area (TPSA) is 83.6 Å². The molecule has 106 valence electrons. The highest BCUT2D eigenvalue weighted by atomic mass is 32.2. The van der Waals surface area contributed by atoms with Gasteiger partial charge in [0.1, 0.15) is 5.82 Å². The fourth-order valence-corrected chi connectivity index (χ4v) is 4.46. The highest BCUT2D eigenvalue weighted by molar-refractivity contribution is 7.89. The molecular weight excluding hydrogens is 271 g/mol. The van der Waals surface area contributed by atoms with Gasteiger partial charge in [-0.3, -0.25) is 0 Å². The third kappa shape index (κ3) is 2.22. The van der Waals surface area contributed by atoms with Crippen molar-refractivity contribution in [1.29, 1.82) is 0 Å². The molecule has 0 aromatic heterocycles. The van der Waals surface area contributed by atoms with Crippen LogP contribution in [-0.4, -0.2) is 36.5 Å². The number of halogens is 1. The standard InChI is InChI=1S/C12H17FN2O3S/c1-7-4-9(13)10(14)8(2)11(7)19(17,18)15-5-12(3,16)6-15/h4,16H,5-6,14H2,1-3H3. The molecule has 2 rings (SSSR count). The normalized spacial score (nSPS) is 19.2. The number of hydrogen-bond acceptors (Lipinski definition) is 4. The zero-order chi connectivity index (χ0) is 14.6. The lowest BCUT2D eigenvalue weighted by molar-refractivity contribution is -0.0426. The third-order valence-corrected chi connectivity index (χ3v) is 5.42. The van der Waals surface area contributed by atoms with Crippen LogP contribution < -0.4 is 5.73 Å². The molecule has 5 nitrogen and oxygen atoms in total. The molecule has 3 N–H and O–H groups in total. The van der Waals surface area contributed by atoms with E-state index in [1.54, 1.807) is 6.92 Å². The van der Waals surface area contributed by atoms with E-state index in [1.807, 2.05) is 0 Å². The van der Waals surface area contributed by atoms with Gasteiger partial charge in [-0.2, -0.15) is 4.31 Å². The van der Waals surface area contributed by atoms with Gasteiger partial charge in [0, 0.05) is 13.1 Å². The Morgan fingerprint density at radius 3 is 2.42 bits per heavy atom. The van der Waals surface area contributed by atoms with Crippen LogP contribution in [0.3, 0.4) is 0 Å². The van der Waals surface area contributed by atoms with Crippen LogP contribution in [0.4, 0.5) is 10.1 Å². The molecule has 19 heavy (non-hydrogen) atoms. The van der Waals surface area contributed by atoms with Crippen molar-refractivity contribution in [3.05, 3.63) is 23.0 Å².